The zero-order chi connectivity index (χ0) is 12.4. The highest BCUT2D eigenvalue weighted by Gasteiger charge is 2.08. The Labute approximate surface area is 101 Å². The molecule has 0 aliphatic carbocycles. The third kappa shape index (κ3) is 7.69. The van der Waals surface area contributed by atoms with Gasteiger partial charge in [0.1, 0.15) is 0 Å². The number of carbonyl (C=O) groups excluding carboxylic acids is 1. The van der Waals surface area contributed by atoms with Gasteiger partial charge in [0.15, 0.2) is 0 Å². The predicted molar refractivity (Wildman–Crippen MR) is 69.6 cm³/mol. The van der Waals surface area contributed by atoms with Crippen LogP contribution in [-0.4, -0.2) is 49.4 Å². The lowest BCUT2D eigenvalue weighted by atomic mass is 10.3. The number of hydrogen-bond donors (Lipinski definition) is 0. The first-order valence-corrected chi connectivity index (χ1v) is 6.54. The van der Waals surface area contributed by atoms with E-state index >= 15 is 0 Å². The molecule has 3 nitrogen and oxygen atoms in total. The molecule has 0 aliphatic heterocycles. The molecule has 0 rings (SSSR count). The molecule has 0 bridgehead atoms. The van der Waals surface area contributed by atoms with Crippen LogP contribution in [0.25, 0.3) is 0 Å². The average Bonchev–Trinajstić information content (AvgIpc) is 2.30. The molecule has 0 spiro atoms. The number of rotatable bonds is 9. The summed E-state index contributed by atoms with van der Waals surface area (Å²) < 4.78 is 0. The summed E-state index contributed by atoms with van der Waals surface area (Å²) in [5.41, 5.74) is 0. The molecule has 0 saturated carbocycles. The Hall–Kier alpha value is -0.570. The van der Waals surface area contributed by atoms with E-state index in [9.17, 15) is 4.79 Å². The lowest BCUT2D eigenvalue weighted by Gasteiger charge is -2.20. The Morgan fingerprint density at radius 2 is 1.50 bits per heavy atom. The maximum absolute atomic E-state index is 11.7. The summed E-state index contributed by atoms with van der Waals surface area (Å²) in [6, 6.07) is 0. The van der Waals surface area contributed by atoms with Crippen LogP contribution in [0.2, 0.25) is 0 Å². The van der Waals surface area contributed by atoms with E-state index in [0.717, 1.165) is 32.5 Å². The molecular formula is C13H28N2O. The summed E-state index contributed by atoms with van der Waals surface area (Å²) in [5.74, 6) is 0.275. The van der Waals surface area contributed by atoms with E-state index in [1.54, 1.807) is 0 Å². The van der Waals surface area contributed by atoms with E-state index in [4.69, 9.17) is 0 Å². The smallest absolute Gasteiger partial charge is 0.223 e. The van der Waals surface area contributed by atoms with Crippen molar-refractivity contribution in [1.29, 1.82) is 0 Å². The number of hydrogen-bond acceptors (Lipinski definition) is 2. The SMILES string of the molecule is CCCCN(C)CCC(=O)N(C)CCCC. The second kappa shape index (κ2) is 9.64. The first-order chi connectivity index (χ1) is 7.61. The second-order valence-electron chi connectivity index (χ2n) is 4.58. The Balaban J connectivity index is 3.62. The average molecular weight is 228 g/mol. The van der Waals surface area contributed by atoms with Crippen molar-refractivity contribution in [1.82, 2.24) is 9.80 Å². The van der Waals surface area contributed by atoms with Gasteiger partial charge in [-0.05, 0) is 26.4 Å². The van der Waals surface area contributed by atoms with E-state index in [1.807, 2.05) is 11.9 Å². The zero-order valence-corrected chi connectivity index (χ0v) is 11.5. The summed E-state index contributed by atoms with van der Waals surface area (Å²) >= 11 is 0. The molecule has 0 atom stereocenters. The number of unbranched alkanes of at least 4 members (excludes halogenated alkanes) is 2. The summed E-state index contributed by atoms with van der Waals surface area (Å²) in [7, 11) is 4.00. The van der Waals surface area contributed by atoms with Crippen molar-refractivity contribution >= 4 is 5.91 Å². The third-order valence-electron chi connectivity index (χ3n) is 2.87. The highest BCUT2D eigenvalue weighted by molar-refractivity contribution is 5.75. The van der Waals surface area contributed by atoms with Crippen LogP contribution in [0, 0.1) is 0 Å². The molecule has 0 aromatic rings. The van der Waals surface area contributed by atoms with E-state index < -0.39 is 0 Å². The highest BCUT2D eigenvalue weighted by Crippen LogP contribution is 1.98. The number of amides is 1. The fraction of sp³-hybridized carbons (Fsp3) is 0.923. The molecule has 0 aromatic carbocycles. The molecule has 0 fully saturated rings. The van der Waals surface area contributed by atoms with E-state index in [0.29, 0.717) is 6.42 Å². The van der Waals surface area contributed by atoms with E-state index in [1.165, 1.54) is 12.8 Å². The van der Waals surface area contributed by atoms with Crippen molar-refractivity contribution in [3.05, 3.63) is 0 Å². The molecule has 0 saturated heterocycles. The maximum Gasteiger partial charge on any atom is 0.223 e. The minimum atomic E-state index is 0.275. The van der Waals surface area contributed by atoms with Crippen LogP contribution in [0.5, 0.6) is 0 Å². The molecule has 0 aliphatic rings. The van der Waals surface area contributed by atoms with Gasteiger partial charge in [-0.1, -0.05) is 26.7 Å². The van der Waals surface area contributed by atoms with Gasteiger partial charge in [0.05, 0.1) is 0 Å². The molecule has 0 aromatic heterocycles. The van der Waals surface area contributed by atoms with Crippen LogP contribution in [0.1, 0.15) is 46.0 Å². The van der Waals surface area contributed by atoms with Gasteiger partial charge in [-0.15, -0.1) is 0 Å². The van der Waals surface area contributed by atoms with Gasteiger partial charge in [0.25, 0.3) is 0 Å². The van der Waals surface area contributed by atoms with Gasteiger partial charge in [0.2, 0.25) is 5.91 Å². The standard InChI is InChI=1S/C13H28N2O/c1-5-7-10-14(3)12-9-13(16)15(4)11-8-6-2/h5-12H2,1-4H3. The normalized spacial score (nSPS) is 10.8. The summed E-state index contributed by atoms with van der Waals surface area (Å²) in [5, 5.41) is 0. The minimum absolute atomic E-state index is 0.275. The van der Waals surface area contributed by atoms with Gasteiger partial charge < -0.3 is 9.80 Å². The van der Waals surface area contributed by atoms with Crippen molar-refractivity contribution in [3.8, 4) is 0 Å². The Morgan fingerprint density at radius 1 is 0.938 bits per heavy atom. The fourth-order valence-electron chi connectivity index (χ4n) is 1.54. The minimum Gasteiger partial charge on any atom is -0.346 e. The molecule has 1 amide bonds. The molecular weight excluding hydrogens is 200 g/mol. The molecule has 0 radical (unpaired) electrons. The lowest BCUT2D eigenvalue weighted by Crippen LogP contribution is -2.31. The molecule has 16 heavy (non-hydrogen) atoms. The van der Waals surface area contributed by atoms with Crippen LogP contribution >= 0.6 is 0 Å². The van der Waals surface area contributed by atoms with Crippen molar-refractivity contribution in [3.63, 3.8) is 0 Å². The van der Waals surface area contributed by atoms with E-state index in [-0.39, 0.29) is 5.91 Å². The van der Waals surface area contributed by atoms with Crippen LogP contribution in [0.15, 0.2) is 0 Å². The first kappa shape index (κ1) is 15.4. The fourth-order valence-corrected chi connectivity index (χ4v) is 1.54. The van der Waals surface area contributed by atoms with Crippen LogP contribution in [0.4, 0.5) is 0 Å². The van der Waals surface area contributed by atoms with Crippen LogP contribution in [0.3, 0.4) is 0 Å². The maximum atomic E-state index is 11.7. The van der Waals surface area contributed by atoms with Gasteiger partial charge in [0, 0.05) is 26.6 Å². The monoisotopic (exact) mass is 228 g/mol. The second-order valence-corrected chi connectivity index (χ2v) is 4.58. The topological polar surface area (TPSA) is 23.6 Å². The van der Waals surface area contributed by atoms with Gasteiger partial charge in [-0.3, -0.25) is 4.79 Å². The molecule has 0 N–H and O–H groups in total. The number of carbonyl (C=O) groups is 1. The summed E-state index contributed by atoms with van der Waals surface area (Å²) in [6.45, 7) is 7.22. The van der Waals surface area contributed by atoms with Crippen molar-refractivity contribution in [2.24, 2.45) is 0 Å². The molecule has 0 unspecified atom stereocenters. The molecule has 0 heterocycles. The van der Waals surface area contributed by atoms with Crippen molar-refractivity contribution in [2.75, 3.05) is 33.7 Å². The molecule has 3 heteroatoms. The summed E-state index contributed by atoms with van der Waals surface area (Å²) in [6.07, 6.45) is 5.34. The van der Waals surface area contributed by atoms with Gasteiger partial charge in [-0.2, -0.15) is 0 Å². The quantitative estimate of drug-likeness (QED) is 0.605. The summed E-state index contributed by atoms with van der Waals surface area (Å²) in [4.78, 5) is 15.8. The third-order valence-corrected chi connectivity index (χ3v) is 2.87. The van der Waals surface area contributed by atoms with Gasteiger partial charge in [-0.25, -0.2) is 0 Å². The Morgan fingerprint density at radius 3 is 2.06 bits per heavy atom. The largest absolute Gasteiger partial charge is 0.346 e. The molecule has 96 valence electrons. The van der Waals surface area contributed by atoms with Crippen LogP contribution < -0.4 is 0 Å². The Kier molecular flexibility index (Phi) is 9.30. The first-order valence-electron chi connectivity index (χ1n) is 6.54. The predicted octanol–water partition coefficient (Wildman–Crippen LogP) is 2.37. The number of nitrogens with zero attached hydrogens (tertiary/aromatic N) is 2. The zero-order valence-electron chi connectivity index (χ0n) is 11.5. The lowest BCUT2D eigenvalue weighted by molar-refractivity contribution is -0.130. The van der Waals surface area contributed by atoms with Crippen molar-refractivity contribution < 1.29 is 4.79 Å². The Bertz CT molecular complexity index is 183. The highest BCUT2D eigenvalue weighted by atomic mass is 16.2. The van der Waals surface area contributed by atoms with Crippen molar-refractivity contribution in [2.45, 2.75) is 46.0 Å². The van der Waals surface area contributed by atoms with Gasteiger partial charge >= 0.3 is 0 Å². The van der Waals surface area contributed by atoms with Crippen LogP contribution in [-0.2, 0) is 4.79 Å². The van der Waals surface area contributed by atoms with E-state index in [2.05, 4.69) is 25.8 Å².